The Morgan fingerprint density at radius 1 is 1.32 bits per heavy atom. The van der Waals surface area contributed by atoms with E-state index in [9.17, 15) is 0 Å². The maximum atomic E-state index is 3.50. The molecule has 1 N–H and O–H groups in total. The molecule has 2 rings (SSSR count). The molecule has 3 nitrogen and oxygen atoms in total. The van der Waals surface area contributed by atoms with E-state index in [1.165, 1.54) is 31.6 Å². The molecule has 0 radical (unpaired) electrons. The van der Waals surface area contributed by atoms with Crippen LogP contribution in [0.5, 0.6) is 0 Å². The molecular formula is C15H24BrN3. The van der Waals surface area contributed by atoms with E-state index in [4.69, 9.17) is 0 Å². The summed E-state index contributed by atoms with van der Waals surface area (Å²) >= 11 is 3.46. The smallest absolute Gasteiger partial charge is 0.0341 e. The molecule has 1 aromatic carbocycles. The monoisotopic (exact) mass is 325 g/mol. The second-order valence-electron chi connectivity index (χ2n) is 5.53. The average molecular weight is 326 g/mol. The zero-order chi connectivity index (χ0) is 13.7. The van der Waals surface area contributed by atoms with Crippen molar-refractivity contribution in [2.24, 2.45) is 0 Å². The van der Waals surface area contributed by atoms with Gasteiger partial charge in [0.2, 0.25) is 0 Å². The molecule has 106 valence electrons. The van der Waals surface area contributed by atoms with E-state index in [0.717, 1.165) is 23.6 Å². The number of rotatable bonds is 6. The number of nitrogens with zero attached hydrogens (tertiary/aromatic N) is 2. The first-order valence-electron chi connectivity index (χ1n) is 7.03. The molecule has 1 heterocycles. The van der Waals surface area contributed by atoms with Crippen LogP contribution < -0.4 is 5.32 Å². The van der Waals surface area contributed by atoms with Crippen LogP contribution in [0, 0.1) is 0 Å². The Bertz CT molecular complexity index is 377. The first kappa shape index (κ1) is 14.8. The minimum atomic E-state index is 0.738. The van der Waals surface area contributed by atoms with Crippen LogP contribution in [0.15, 0.2) is 28.7 Å². The van der Waals surface area contributed by atoms with Gasteiger partial charge in [-0.1, -0.05) is 15.9 Å². The van der Waals surface area contributed by atoms with Crippen molar-refractivity contribution in [2.75, 3.05) is 45.6 Å². The fourth-order valence-electron chi connectivity index (χ4n) is 2.73. The van der Waals surface area contributed by atoms with E-state index in [1.807, 2.05) is 0 Å². The maximum Gasteiger partial charge on any atom is 0.0341 e. The maximum absolute atomic E-state index is 3.50. The van der Waals surface area contributed by atoms with Crippen molar-refractivity contribution < 1.29 is 0 Å². The Labute approximate surface area is 125 Å². The van der Waals surface area contributed by atoms with Crippen molar-refractivity contribution >= 4 is 21.6 Å². The Morgan fingerprint density at radius 3 is 2.74 bits per heavy atom. The number of likely N-dealkylation sites (tertiary alicyclic amines) is 1. The number of halogens is 1. The van der Waals surface area contributed by atoms with Gasteiger partial charge in [0.05, 0.1) is 0 Å². The highest BCUT2D eigenvalue weighted by Crippen LogP contribution is 2.18. The molecule has 1 aliphatic heterocycles. The fraction of sp³-hybridized carbons (Fsp3) is 0.600. The van der Waals surface area contributed by atoms with E-state index in [1.54, 1.807) is 0 Å². The van der Waals surface area contributed by atoms with Crippen LogP contribution >= 0.6 is 15.9 Å². The quantitative estimate of drug-likeness (QED) is 0.867. The molecule has 19 heavy (non-hydrogen) atoms. The van der Waals surface area contributed by atoms with Gasteiger partial charge in [0.1, 0.15) is 0 Å². The third-order valence-electron chi connectivity index (χ3n) is 3.65. The number of likely N-dealkylation sites (N-methyl/N-ethyl adjacent to an activating group) is 1. The molecule has 0 bridgehead atoms. The van der Waals surface area contributed by atoms with E-state index in [0.29, 0.717) is 0 Å². The SMILES string of the molecule is CN(C)CC1CCCN1CCNc1ccc(Br)cc1. The summed E-state index contributed by atoms with van der Waals surface area (Å²) < 4.78 is 1.13. The highest BCUT2D eigenvalue weighted by Gasteiger charge is 2.23. The first-order chi connectivity index (χ1) is 9.15. The van der Waals surface area contributed by atoms with Crippen LogP contribution in [-0.2, 0) is 0 Å². The molecule has 0 spiro atoms. The van der Waals surface area contributed by atoms with Crippen LogP contribution in [0.4, 0.5) is 5.69 Å². The highest BCUT2D eigenvalue weighted by atomic mass is 79.9. The summed E-state index contributed by atoms with van der Waals surface area (Å²) in [5.41, 5.74) is 1.20. The van der Waals surface area contributed by atoms with Gasteiger partial charge in [-0.05, 0) is 57.7 Å². The van der Waals surface area contributed by atoms with Gasteiger partial charge < -0.3 is 10.2 Å². The Kier molecular flexibility index (Phi) is 5.67. The standard InChI is InChI=1S/C15H24BrN3/c1-18(2)12-15-4-3-10-19(15)11-9-17-14-7-5-13(16)6-8-14/h5-8,15,17H,3-4,9-12H2,1-2H3. The zero-order valence-electron chi connectivity index (χ0n) is 11.9. The predicted octanol–water partition coefficient (Wildman–Crippen LogP) is 2.89. The lowest BCUT2D eigenvalue weighted by molar-refractivity contribution is 0.214. The molecule has 1 atom stereocenters. The summed E-state index contributed by atoms with van der Waals surface area (Å²) in [5.74, 6) is 0. The molecule has 0 aromatic heterocycles. The number of anilines is 1. The van der Waals surface area contributed by atoms with Crippen LogP contribution in [-0.4, -0.2) is 56.1 Å². The lowest BCUT2D eigenvalue weighted by Crippen LogP contribution is -2.39. The van der Waals surface area contributed by atoms with Gasteiger partial charge in [-0.15, -0.1) is 0 Å². The Balaban J connectivity index is 1.74. The van der Waals surface area contributed by atoms with Crippen molar-refractivity contribution in [1.82, 2.24) is 9.80 Å². The lowest BCUT2D eigenvalue weighted by atomic mass is 10.2. The Morgan fingerprint density at radius 2 is 2.05 bits per heavy atom. The third kappa shape index (κ3) is 4.79. The van der Waals surface area contributed by atoms with Gasteiger partial charge in [0.15, 0.2) is 0 Å². The molecule has 1 unspecified atom stereocenters. The molecule has 0 aliphatic carbocycles. The van der Waals surface area contributed by atoms with Crippen LogP contribution in [0.2, 0.25) is 0 Å². The van der Waals surface area contributed by atoms with Gasteiger partial charge in [-0.25, -0.2) is 0 Å². The molecule has 1 aliphatic rings. The normalized spacial score (nSPS) is 20.1. The molecule has 0 amide bonds. The van der Waals surface area contributed by atoms with Gasteiger partial charge in [0.25, 0.3) is 0 Å². The van der Waals surface area contributed by atoms with E-state index >= 15 is 0 Å². The molecule has 1 aromatic rings. The van der Waals surface area contributed by atoms with Crippen molar-refractivity contribution in [1.29, 1.82) is 0 Å². The topological polar surface area (TPSA) is 18.5 Å². The molecule has 4 heteroatoms. The second-order valence-corrected chi connectivity index (χ2v) is 6.44. The Hall–Kier alpha value is -0.580. The van der Waals surface area contributed by atoms with Crippen LogP contribution in [0.3, 0.4) is 0 Å². The molecule has 1 fully saturated rings. The summed E-state index contributed by atoms with van der Waals surface area (Å²) in [6.07, 6.45) is 2.69. The van der Waals surface area contributed by atoms with E-state index < -0.39 is 0 Å². The third-order valence-corrected chi connectivity index (χ3v) is 4.18. The average Bonchev–Trinajstić information content (AvgIpc) is 2.78. The molecular weight excluding hydrogens is 302 g/mol. The zero-order valence-corrected chi connectivity index (χ0v) is 13.5. The fourth-order valence-corrected chi connectivity index (χ4v) is 2.99. The van der Waals surface area contributed by atoms with Crippen molar-refractivity contribution in [3.05, 3.63) is 28.7 Å². The van der Waals surface area contributed by atoms with Crippen LogP contribution in [0.25, 0.3) is 0 Å². The summed E-state index contributed by atoms with van der Waals surface area (Å²) in [4.78, 5) is 4.91. The summed E-state index contributed by atoms with van der Waals surface area (Å²) in [6.45, 7) is 4.58. The van der Waals surface area contributed by atoms with Crippen LogP contribution in [0.1, 0.15) is 12.8 Å². The van der Waals surface area contributed by atoms with Gasteiger partial charge in [-0.3, -0.25) is 4.90 Å². The second kappa shape index (κ2) is 7.27. The van der Waals surface area contributed by atoms with Crippen molar-refractivity contribution in [3.8, 4) is 0 Å². The van der Waals surface area contributed by atoms with E-state index in [-0.39, 0.29) is 0 Å². The summed E-state index contributed by atoms with van der Waals surface area (Å²) in [6, 6.07) is 9.12. The number of nitrogens with one attached hydrogen (secondary N) is 1. The summed E-state index contributed by atoms with van der Waals surface area (Å²) in [7, 11) is 4.33. The predicted molar refractivity (Wildman–Crippen MR) is 85.8 cm³/mol. The van der Waals surface area contributed by atoms with Gasteiger partial charge in [-0.2, -0.15) is 0 Å². The largest absolute Gasteiger partial charge is 0.384 e. The number of hydrogen-bond acceptors (Lipinski definition) is 3. The van der Waals surface area contributed by atoms with E-state index in [2.05, 4.69) is 69.4 Å². The van der Waals surface area contributed by atoms with Gasteiger partial charge >= 0.3 is 0 Å². The van der Waals surface area contributed by atoms with Crippen molar-refractivity contribution in [2.45, 2.75) is 18.9 Å². The van der Waals surface area contributed by atoms with Crippen molar-refractivity contribution in [3.63, 3.8) is 0 Å². The molecule has 0 saturated carbocycles. The first-order valence-corrected chi connectivity index (χ1v) is 7.82. The lowest BCUT2D eigenvalue weighted by Gasteiger charge is -2.27. The van der Waals surface area contributed by atoms with Gasteiger partial charge in [0, 0.05) is 35.8 Å². The molecule has 1 saturated heterocycles. The minimum absolute atomic E-state index is 0.738. The number of benzene rings is 1. The minimum Gasteiger partial charge on any atom is -0.384 e. The summed E-state index contributed by atoms with van der Waals surface area (Å²) in [5, 5.41) is 3.50. The number of hydrogen-bond donors (Lipinski definition) is 1. The highest BCUT2D eigenvalue weighted by molar-refractivity contribution is 9.10.